The smallest absolute Gasteiger partial charge is 0.194 e. The predicted octanol–water partition coefficient (Wildman–Crippen LogP) is 6.48. The molecule has 1 aliphatic carbocycles. The Bertz CT molecular complexity index is 1420. The van der Waals surface area contributed by atoms with Gasteiger partial charge in [-0.05, 0) is 92.5 Å². The first-order valence-electron chi connectivity index (χ1n) is 13.0. The molecule has 0 radical (unpaired) electrons. The number of ether oxygens (including phenoxy) is 1. The van der Waals surface area contributed by atoms with Gasteiger partial charge in [-0.1, -0.05) is 11.2 Å². The minimum absolute atomic E-state index is 0.374. The van der Waals surface area contributed by atoms with Crippen molar-refractivity contribution in [3.8, 4) is 11.4 Å². The number of nitrogens with zero attached hydrogens (tertiary/aromatic N) is 4. The molecule has 9 heteroatoms. The lowest BCUT2D eigenvalue weighted by atomic mass is 9.83. The monoisotopic (exact) mass is 522 g/mol. The first-order chi connectivity index (χ1) is 18.4. The molecule has 2 aromatic carbocycles. The summed E-state index contributed by atoms with van der Waals surface area (Å²) in [7, 11) is 1.63. The Hall–Kier alpha value is -3.75. The van der Waals surface area contributed by atoms with E-state index in [9.17, 15) is 13.2 Å². The SMILES string of the molecule is COc1cc(/C=C2\CCCN3C2=NOC2(CCCC2)[C@@H]3c2cc(F)c(F)c(F)c2)ccc1-n1cnc(C)c1. The number of fused-ring (bicyclic) bond motifs is 1. The van der Waals surface area contributed by atoms with Crippen molar-refractivity contribution in [3.05, 3.63) is 82.7 Å². The number of methoxy groups -OCH3 is 1. The van der Waals surface area contributed by atoms with Crippen LogP contribution >= 0.6 is 0 Å². The van der Waals surface area contributed by atoms with Crippen molar-refractivity contribution in [3.63, 3.8) is 0 Å². The molecule has 1 saturated heterocycles. The summed E-state index contributed by atoms with van der Waals surface area (Å²) in [5.41, 5.74) is 3.35. The second-order valence-corrected chi connectivity index (χ2v) is 10.3. The van der Waals surface area contributed by atoms with E-state index in [4.69, 9.17) is 9.57 Å². The van der Waals surface area contributed by atoms with Gasteiger partial charge in [-0.2, -0.15) is 0 Å². The number of imidazole rings is 1. The Morgan fingerprint density at radius 1 is 1.08 bits per heavy atom. The van der Waals surface area contributed by atoms with Crippen LogP contribution in [0.2, 0.25) is 0 Å². The number of piperidine rings is 1. The summed E-state index contributed by atoms with van der Waals surface area (Å²) in [6.45, 7) is 2.59. The van der Waals surface area contributed by atoms with E-state index in [1.165, 1.54) is 0 Å². The average Bonchev–Trinajstić information content (AvgIpc) is 3.56. The molecule has 0 unspecified atom stereocenters. The predicted molar refractivity (Wildman–Crippen MR) is 138 cm³/mol. The van der Waals surface area contributed by atoms with E-state index >= 15 is 0 Å². The van der Waals surface area contributed by atoms with Gasteiger partial charge < -0.3 is 19.0 Å². The molecule has 3 heterocycles. The van der Waals surface area contributed by atoms with Crippen molar-refractivity contribution in [2.24, 2.45) is 5.16 Å². The molecule has 1 saturated carbocycles. The third-order valence-corrected chi connectivity index (χ3v) is 7.83. The van der Waals surface area contributed by atoms with E-state index in [0.29, 0.717) is 23.7 Å². The highest BCUT2D eigenvalue weighted by molar-refractivity contribution is 6.03. The lowest BCUT2D eigenvalue weighted by Crippen LogP contribution is -2.54. The largest absolute Gasteiger partial charge is 0.495 e. The van der Waals surface area contributed by atoms with E-state index in [-0.39, 0.29) is 0 Å². The summed E-state index contributed by atoms with van der Waals surface area (Å²) in [6.07, 6.45) is 10.7. The van der Waals surface area contributed by atoms with Crippen molar-refractivity contribution in [2.45, 2.75) is 57.1 Å². The van der Waals surface area contributed by atoms with Gasteiger partial charge in [0, 0.05) is 12.7 Å². The number of aromatic nitrogens is 2. The highest BCUT2D eigenvalue weighted by Crippen LogP contribution is 2.50. The molecule has 198 valence electrons. The quantitative estimate of drug-likeness (QED) is 0.368. The van der Waals surface area contributed by atoms with Gasteiger partial charge in [0.05, 0.1) is 30.9 Å². The second-order valence-electron chi connectivity index (χ2n) is 10.3. The van der Waals surface area contributed by atoms with E-state index < -0.39 is 29.1 Å². The minimum atomic E-state index is -1.46. The standard InChI is InChI=1S/C29H29F3N4O2/c1-18-16-35(17-33-18)24-8-7-19(13-25(24)37-2)12-20-6-5-11-36-27(21-14-22(30)26(32)23(31)15-21)29(9-3-4-10-29)38-34-28(20)36/h7-8,12-17,27H,3-6,9-11H2,1-2H3/b20-12+/t27-/m0/s1. The molecule has 1 aromatic heterocycles. The molecule has 6 rings (SSSR count). The number of oxime groups is 1. The van der Waals surface area contributed by atoms with E-state index in [0.717, 1.165) is 73.2 Å². The summed E-state index contributed by atoms with van der Waals surface area (Å²) >= 11 is 0. The zero-order valence-electron chi connectivity index (χ0n) is 21.4. The molecular formula is C29H29F3N4O2. The normalized spacial score (nSPS) is 21.4. The molecule has 0 N–H and O–H groups in total. The number of benzene rings is 2. The van der Waals surface area contributed by atoms with Gasteiger partial charge in [0.1, 0.15) is 5.75 Å². The van der Waals surface area contributed by atoms with Crippen LogP contribution in [0.1, 0.15) is 61.4 Å². The lowest BCUT2D eigenvalue weighted by molar-refractivity contribution is -0.108. The van der Waals surface area contributed by atoms with Crippen molar-refractivity contribution >= 4 is 11.9 Å². The van der Waals surface area contributed by atoms with Gasteiger partial charge >= 0.3 is 0 Å². The Morgan fingerprint density at radius 2 is 1.84 bits per heavy atom. The topological polar surface area (TPSA) is 51.9 Å². The van der Waals surface area contributed by atoms with Gasteiger partial charge in [-0.25, -0.2) is 18.2 Å². The Kier molecular flexibility index (Phi) is 6.16. The Morgan fingerprint density at radius 3 is 2.53 bits per heavy atom. The van der Waals surface area contributed by atoms with Gasteiger partial charge in [-0.15, -0.1) is 0 Å². The van der Waals surface area contributed by atoms with Crippen molar-refractivity contribution < 1.29 is 22.7 Å². The number of amidine groups is 1. The fourth-order valence-electron chi connectivity index (χ4n) is 6.12. The van der Waals surface area contributed by atoms with Crippen molar-refractivity contribution in [1.82, 2.24) is 14.5 Å². The number of halogens is 3. The molecule has 1 spiro atoms. The Balaban J connectivity index is 1.39. The Labute approximate surface area is 219 Å². The van der Waals surface area contributed by atoms with Crippen LogP contribution in [0.5, 0.6) is 5.75 Å². The van der Waals surface area contributed by atoms with Crippen molar-refractivity contribution in [1.29, 1.82) is 0 Å². The van der Waals surface area contributed by atoms with Gasteiger partial charge in [0.2, 0.25) is 0 Å². The average molecular weight is 523 g/mol. The van der Waals surface area contributed by atoms with E-state index in [2.05, 4.69) is 21.1 Å². The number of rotatable bonds is 4. The van der Waals surface area contributed by atoms with Crippen LogP contribution in [-0.2, 0) is 4.84 Å². The summed E-state index contributed by atoms with van der Waals surface area (Å²) in [5.74, 6) is -2.48. The van der Waals surface area contributed by atoms with Gasteiger partial charge in [-0.3, -0.25) is 0 Å². The van der Waals surface area contributed by atoms with Crippen LogP contribution < -0.4 is 4.74 Å². The molecule has 1 atom stereocenters. The van der Waals surface area contributed by atoms with Crippen LogP contribution in [0.4, 0.5) is 13.2 Å². The highest BCUT2D eigenvalue weighted by Gasteiger charge is 2.52. The van der Waals surface area contributed by atoms with E-state index in [1.807, 2.05) is 35.9 Å². The summed E-state index contributed by atoms with van der Waals surface area (Å²) < 4.78 is 50.1. The van der Waals surface area contributed by atoms with Crippen LogP contribution in [0.15, 0.2) is 53.6 Å². The van der Waals surface area contributed by atoms with E-state index in [1.54, 1.807) is 13.4 Å². The molecule has 2 fully saturated rings. The maximum Gasteiger partial charge on any atom is 0.194 e. The van der Waals surface area contributed by atoms with Crippen LogP contribution in [-0.4, -0.2) is 39.5 Å². The zero-order chi connectivity index (χ0) is 26.4. The molecule has 2 aliphatic heterocycles. The zero-order valence-corrected chi connectivity index (χ0v) is 21.4. The molecule has 0 bridgehead atoms. The van der Waals surface area contributed by atoms with Crippen LogP contribution in [0.3, 0.4) is 0 Å². The first-order valence-corrected chi connectivity index (χ1v) is 13.0. The third kappa shape index (κ3) is 4.14. The minimum Gasteiger partial charge on any atom is -0.495 e. The molecular weight excluding hydrogens is 493 g/mol. The van der Waals surface area contributed by atoms with Crippen LogP contribution in [0.25, 0.3) is 11.8 Å². The lowest BCUT2D eigenvalue weighted by Gasteiger charge is -2.49. The number of hydrogen-bond acceptors (Lipinski definition) is 5. The molecule has 3 aromatic rings. The number of aryl methyl sites for hydroxylation is 1. The molecule has 6 nitrogen and oxygen atoms in total. The highest BCUT2D eigenvalue weighted by atomic mass is 19.2. The molecule has 3 aliphatic rings. The molecule has 38 heavy (non-hydrogen) atoms. The third-order valence-electron chi connectivity index (χ3n) is 7.83. The van der Waals surface area contributed by atoms with Crippen LogP contribution in [0, 0.1) is 24.4 Å². The van der Waals surface area contributed by atoms with Crippen molar-refractivity contribution in [2.75, 3.05) is 13.7 Å². The van der Waals surface area contributed by atoms with Gasteiger partial charge in [0.15, 0.2) is 28.9 Å². The first kappa shape index (κ1) is 24.6. The maximum atomic E-state index is 14.4. The summed E-state index contributed by atoms with van der Waals surface area (Å²) in [5, 5.41) is 4.58. The summed E-state index contributed by atoms with van der Waals surface area (Å²) in [4.78, 5) is 12.6. The fourth-order valence-corrected chi connectivity index (χ4v) is 6.12. The van der Waals surface area contributed by atoms with Gasteiger partial charge in [0.25, 0.3) is 0 Å². The molecule has 0 amide bonds. The second kappa shape index (κ2) is 9.53. The maximum absolute atomic E-state index is 14.4. The summed E-state index contributed by atoms with van der Waals surface area (Å²) in [6, 6.07) is 7.69. The number of hydrogen-bond donors (Lipinski definition) is 0. The fraction of sp³-hybridized carbons (Fsp3) is 0.379.